The van der Waals surface area contributed by atoms with Gasteiger partial charge in [0.25, 0.3) is 0 Å². The molecule has 1 saturated carbocycles. The van der Waals surface area contributed by atoms with Crippen molar-refractivity contribution in [1.29, 1.82) is 0 Å². The summed E-state index contributed by atoms with van der Waals surface area (Å²) in [4.78, 5) is 0. The number of nitrogens with one attached hydrogen (secondary N) is 1. The average Bonchev–Trinajstić information content (AvgIpc) is 2.76. The molecule has 18 heavy (non-hydrogen) atoms. The van der Waals surface area contributed by atoms with E-state index in [1.165, 1.54) is 49.8 Å². The summed E-state index contributed by atoms with van der Waals surface area (Å²) in [6, 6.07) is 0. The molecule has 0 spiro atoms. The monoisotopic (exact) mass is 249 g/mol. The Kier molecular flexibility index (Phi) is 5.24. The first-order chi connectivity index (χ1) is 8.79. The first kappa shape index (κ1) is 13.6. The average molecular weight is 249 g/mol. The molecule has 0 amide bonds. The van der Waals surface area contributed by atoms with Gasteiger partial charge in [-0.25, -0.2) is 0 Å². The molecule has 102 valence electrons. The minimum absolute atomic E-state index is 0.976. The normalized spacial score (nSPS) is 17.2. The van der Waals surface area contributed by atoms with Gasteiger partial charge in [-0.2, -0.15) is 5.10 Å². The Balaban J connectivity index is 1.68. The molecule has 1 aliphatic carbocycles. The molecule has 0 bridgehead atoms. The summed E-state index contributed by atoms with van der Waals surface area (Å²) < 4.78 is 1.93. The predicted octanol–water partition coefficient (Wildman–Crippen LogP) is 3.04. The summed E-state index contributed by atoms with van der Waals surface area (Å²) in [6.45, 7) is 4.31. The summed E-state index contributed by atoms with van der Waals surface area (Å²) in [5.74, 6) is 0.978. The first-order valence-corrected chi connectivity index (χ1v) is 7.51. The molecule has 0 aliphatic heterocycles. The molecule has 1 heterocycles. The summed E-state index contributed by atoms with van der Waals surface area (Å²) in [5, 5.41) is 8.06. The van der Waals surface area contributed by atoms with Crippen LogP contribution in [-0.2, 0) is 20.0 Å². The highest BCUT2D eigenvalue weighted by atomic mass is 15.3. The second-order valence-electron chi connectivity index (χ2n) is 5.60. The summed E-state index contributed by atoms with van der Waals surface area (Å²) in [6.07, 6.45) is 11.8. The second-order valence-corrected chi connectivity index (χ2v) is 5.60. The van der Waals surface area contributed by atoms with Crippen LogP contribution in [0.4, 0.5) is 0 Å². The van der Waals surface area contributed by atoms with E-state index in [2.05, 4.69) is 23.5 Å². The highest BCUT2D eigenvalue weighted by Crippen LogP contribution is 2.25. The van der Waals surface area contributed by atoms with E-state index < -0.39 is 0 Å². The van der Waals surface area contributed by atoms with Crippen LogP contribution >= 0.6 is 0 Å². The third kappa shape index (κ3) is 3.84. The van der Waals surface area contributed by atoms with E-state index in [4.69, 9.17) is 0 Å². The molecule has 0 unspecified atom stereocenters. The number of nitrogens with zero attached hydrogens (tertiary/aromatic N) is 2. The largest absolute Gasteiger partial charge is 0.313 e. The lowest BCUT2D eigenvalue weighted by atomic mass is 9.87. The van der Waals surface area contributed by atoms with Gasteiger partial charge in [-0.05, 0) is 25.3 Å². The van der Waals surface area contributed by atoms with E-state index >= 15 is 0 Å². The maximum absolute atomic E-state index is 4.47. The van der Waals surface area contributed by atoms with Gasteiger partial charge >= 0.3 is 0 Å². The molecule has 3 nitrogen and oxygen atoms in total. The molecule has 1 aromatic rings. The van der Waals surface area contributed by atoms with Crippen molar-refractivity contribution in [1.82, 2.24) is 15.1 Å². The SMILES string of the molecule is CCc1nn(C)cc1CNCCC1CCCCC1. The molecular formula is C15H27N3. The van der Waals surface area contributed by atoms with Gasteiger partial charge in [0.05, 0.1) is 5.69 Å². The van der Waals surface area contributed by atoms with Crippen molar-refractivity contribution in [2.24, 2.45) is 13.0 Å². The number of rotatable bonds is 6. The van der Waals surface area contributed by atoms with E-state index in [0.717, 1.165) is 25.4 Å². The lowest BCUT2D eigenvalue weighted by Gasteiger charge is -2.21. The Hall–Kier alpha value is -0.830. The van der Waals surface area contributed by atoms with Crippen LogP contribution in [0.25, 0.3) is 0 Å². The van der Waals surface area contributed by atoms with Crippen molar-refractivity contribution in [3.63, 3.8) is 0 Å². The fraction of sp³-hybridized carbons (Fsp3) is 0.800. The molecule has 1 N–H and O–H groups in total. The molecule has 0 saturated heterocycles. The van der Waals surface area contributed by atoms with Crippen LogP contribution < -0.4 is 5.32 Å². The van der Waals surface area contributed by atoms with E-state index in [-0.39, 0.29) is 0 Å². The van der Waals surface area contributed by atoms with Crippen LogP contribution in [0.3, 0.4) is 0 Å². The van der Waals surface area contributed by atoms with Crippen molar-refractivity contribution < 1.29 is 0 Å². The number of hydrogen-bond acceptors (Lipinski definition) is 2. The van der Waals surface area contributed by atoms with Gasteiger partial charge in [0, 0.05) is 25.4 Å². The fourth-order valence-electron chi connectivity index (χ4n) is 3.03. The summed E-state index contributed by atoms with van der Waals surface area (Å²) in [7, 11) is 2.00. The third-order valence-corrected chi connectivity index (χ3v) is 4.10. The van der Waals surface area contributed by atoms with E-state index in [0.29, 0.717) is 0 Å². The van der Waals surface area contributed by atoms with Crippen LogP contribution in [-0.4, -0.2) is 16.3 Å². The minimum atomic E-state index is 0.976. The molecular weight excluding hydrogens is 222 g/mol. The summed E-state index contributed by atoms with van der Waals surface area (Å²) in [5.41, 5.74) is 2.60. The quantitative estimate of drug-likeness (QED) is 0.785. The van der Waals surface area contributed by atoms with Crippen LogP contribution in [0.5, 0.6) is 0 Å². The van der Waals surface area contributed by atoms with Crippen molar-refractivity contribution in [3.8, 4) is 0 Å². The zero-order chi connectivity index (χ0) is 12.8. The van der Waals surface area contributed by atoms with E-state index in [1.807, 2.05) is 11.7 Å². The van der Waals surface area contributed by atoms with Gasteiger partial charge in [0.15, 0.2) is 0 Å². The van der Waals surface area contributed by atoms with Crippen LogP contribution in [0, 0.1) is 5.92 Å². The molecule has 0 atom stereocenters. The lowest BCUT2D eigenvalue weighted by molar-refractivity contribution is 0.334. The van der Waals surface area contributed by atoms with Gasteiger partial charge in [0.2, 0.25) is 0 Å². The lowest BCUT2D eigenvalue weighted by Crippen LogP contribution is -2.19. The minimum Gasteiger partial charge on any atom is -0.313 e. The van der Waals surface area contributed by atoms with Crippen LogP contribution in [0.15, 0.2) is 6.20 Å². The molecule has 1 aliphatic rings. The smallest absolute Gasteiger partial charge is 0.0666 e. The fourth-order valence-corrected chi connectivity index (χ4v) is 3.03. The maximum atomic E-state index is 4.47. The second kappa shape index (κ2) is 6.93. The van der Waals surface area contributed by atoms with E-state index in [9.17, 15) is 0 Å². The van der Waals surface area contributed by atoms with Crippen molar-refractivity contribution in [3.05, 3.63) is 17.5 Å². The first-order valence-electron chi connectivity index (χ1n) is 7.51. The van der Waals surface area contributed by atoms with Gasteiger partial charge < -0.3 is 5.32 Å². The molecule has 2 rings (SSSR count). The maximum Gasteiger partial charge on any atom is 0.0666 e. The molecule has 0 radical (unpaired) electrons. The van der Waals surface area contributed by atoms with Crippen molar-refractivity contribution in [2.75, 3.05) is 6.54 Å². The standard InChI is InChI=1S/C15H27N3/c1-3-15-14(12-18(2)17-15)11-16-10-9-13-7-5-4-6-8-13/h12-13,16H,3-11H2,1-2H3. The Morgan fingerprint density at radius 2 is 2.11 bits per heavy atom. The highest BCUT2D eigenvalue weighted by Gasteiger charge is 2.12. The van der Waals surface area contributed by atoms with Gasteiger partial charge in [-0.1, -0.05) is 39.0 Å². The number of hydrogen-bond donors (Lipinski definition) is 1. The third-order valence-electron chi connectivity index (χ3n) is 4.10. The summed E-state index contributed by atoms with van der Waals surface area (Å²) >= 11 is 0. The number of aromatic nitrogens is 2. The molecule has 1 aromatic heterocycles. The van der Waals surface area contributed by atoms with Crippen LogP contribution in [0.1, 0.15) is 56.7 Å². The molecule has 3 heteroatoms. The van der Waals surface area contributed by atoms with Crippen LogP contribution in [0.2, 0.25) is 0 Å². The zero-order valence-corrected chi connectivity index (χ0v) is 11.9. The Morgan fingerprint density at radius 3 is 2.83 bits per heavy atom. The molecule has 0 aromatic carbocycles. The Labute approximate surface area is 111 Å². The van der Waals surface area contributed by atoms with Gasteiger partial charge in [0.1, 0.15) is 0 Å². The van der Waals surface area contributed by atoms with Gasteiger partial charge in [-0.3, -0.25) is 4.68 Å². The highest BCUT2D eigenvalue weighted by molar-refractivity contribution is 5.16. The zero-order valence-electron chi connectivity index (χ0n) is 11.9. The molecule has 1 fully saturated rings. The van der Waals surface area contributed by atoms with Gasteiger partial charge in [-0.15, -0.1) is 0 Å². The predicted molar refractivity (Wildman–Crippen MR) is 75.5 cm³/mol. The van der Waals surface area contributed by atoms with Crippen molar-refractivity contribution >= 4 is 0 Å². The van der Waals surface area contributed by atoms with Crippen molar-refractivity contribution in [2.45, 2.75) is 58.4 Å². The topological polar surface area (TPSA) is 29.9 Å². The Morgan fingerprint density at radius 1 is 1.33 bits per heavy atom. The van der Waals surface area contributed by atoms with E-state index in [1.54, 1.807) is 0 Å². The number of aryl methyl sites for hydroxylation is 2. The Bertz CT molecular complexity index is 351.